The first-order chi connectivity index (χ1) is 11.1. The molecular formula is C16H20N4O2S. The van der Waals surface area contributed by atoms with Crippen molar-refractivity contribution in [1.82, 2.24) is 15.2 Å². The Bertz CT molecular complexity index is 710. The molecule has 2 aromatic rings. The zero-order valence-corrected chi connectivity index (χ0v) is 14.3. The third kappa shape index (κ3) is 3.67. The summed E-state index contributed by atoms with van der Waals surface area (Å²) in [5, 5.41) is 13.4. The van der Waals surface area contributed by atoms with E-state index in [0.29, 0.717) is 23.9 Å². The molecule has 23 heavy (non-hydrogen) atoms. The summed E-state index contributed by atoms with van der Waals surface area (Å²) < 4.78 is 4.84. The Morgan fingerprint density at radius 2 is 2.17 bits per heavy atom. The summed E-state index contributed by atoms with van der Waals surface area (Å²) in [6.45, 7) is 4.76. The first-order valence-corrected chi connectivity index (χ1v) is 8.55. The highest BCUT2D eigenvalue weighted by Gasteiger charge is 2.30. The SMILES string of the molecule is COC(=O)c1ccc(CNc2nnc(C(C)C)s2)nc1C1CC1. The average Bonchev–Trinajstić information content (AvgIpc) is 3.29. The zero-order valence-electron chi connectivity index (χ0n) is 13.5. The molecule has 6 nitrogen and oxygen atoms in total. The number of aromatic nitrogens is 3. The summed E-state index contributed by atoms with van der Waals surface area (Å²) in [6.07, 6.45) is 2.17. The lowest BCUT2D eigenvalue weighted by Gasteiger charge is -2.09. The van der Waals surface area contributed by atoms with Crippen molar-refractivity contribution < 1.29 is 9.53 Å². The number of carbonyl (C=O) groups is 1. The molecule has 7 heteroatoms. The molecule has 0 unspecified atom stereocenters. The lowest BCUT2D eigenvalue weighted by Crippen LogP contribution is -2.10. The number of methoxy groups -OCH3 is 1. The molecule has 0 bridgehead atoms. The first-order valence-electron chi connectivity index (χ1n) is 7.74. The molecule has 1 aliphatic carbocycles. The van der Waals surface area contributed by atoms with E-state index in [2.05, 4.69) is 34.3 Å². The van der Waals surface area contributed by atoms with Gasteiger partial charge in [0.1, 0.15) is 5.01 Å². The van der Waals surface area contributed by atoms with Crippen LogP contribution in [-0.2, 0) is 11.3 Å². The number of nitrogens with zero attached hydrogens (tertiary/aromatic N) is 3. The molecule has 2 aromatic heterocycles. The Labute approximate surface area is 139 Å². The quantitative estimate of drug-likeness (QED) is 0.818. The van der Waals surface area contributed by atoms with Gasteiger partial charge >= 0.3 is 5.97 Å². The number of hydrogen-bond donors (Lipinski definition) is 1. The third-order valence-corrected chi connectivity index (χ3v) is 4.89. The largest absolute Gasteiger partial charge is 0.465 e. The van der Waals surface area contributed by atoms with Crippen molar-refractivity contribution in [1.29, 1.82) is 0 Å². The molecule has 0 aliphatic heterocycles. The number of pyridine rings is 1. The number of nitrogens with one attached hydrogen (secondary N) is 1. The second kappa shape index (κ2) is 6.62. The van der Waals surface area contributed by atoms with E-state index in [1.165, 1.54) is 7.11 Å². The summed E-state index contributed by atoms with van der Waals surface area (Å²) in [7, 11) is 1.40. The van der Waals surface area contributed by atoms with Crippen LogP contribution in [-0.4, -0.2) is 28.3 Å². The highest BCUT2D eigenvalue weighted by molar-refractivity contribution is 7.15. The van der Waals surface area contributed by atoms with Crippen molar-refractivity contribution in [3.63, 3.8) is 0 Å². The van der Waals surface area contributed by atoms with E-state index in [9.17, 15) is 4.79 Å². The van der Waals surface area contributed by atoms with Crippen molar-refractivity contribution in [2.24, 2.45) is 0 Å². The van der Waals surface area contributed by atoms with E-state index < -0.39 is 0 Å². The number of hydrogen-bond acceptors (Lipinski definition) is 7. The number of rotatable bonds is 6. The monoisotopic (exact) mass is 332 g/mol. The fourth-order valence-corrected chi connectivity index (χ4v) is 3.01. The van der Waals surface area contributed by atoms with Gasteiger partial charge in [-0.15, -0.1) is 10.2 Å². The number of carbonyl (C=O) groups excluding carboxylic acids is 1. The van der Waals surface area contributed by atoms with Gasteiger partial charge in [0.25, 0.3) is 0 Å². The number of esters is 1. The van der Waals surface area contributed by atoms with Gasteiger partial charge in [-0.25, -0.2) is 4.79 Å². The van der Waals surface area contributed by atoms with Crippen molar-refractivity contribution in [2.45, 2.75) is 45.1 Å². The summed E-state index contributed by atoms with van der Waals surface area (Å²) in [6, 6.07) is 3.67. The van der Waals surface area contributed by atoms with Gasteiger partial charge in [-0.05, 0) is 25.0 Å². The fraction of sp³-hybridized carbons (Fsp3) is 0.500. The second-order valence-corrected chi connectivity index (χ2v) is 6.96. The minimum absolute atomic E-state index is 0.315. The standard InChI is InChI=1S/C16H20N4O2S/c1-9(2)14-19-20-16(23-14)17-8-11-6-7-12(15(21)22-3)13(18-11)10-4-5-10/h6-7,9-10H,4-5,8H2,1-3H3,(H,17,20). The predicted molar refractivity (Wildman–Crippen MR) is 88.9 cm³/mol. The van der Waals surface area contributed by atoms with Gasteiger partial charge in [0.15, 0.2) is 0 Å². The normalized spacial score (nSPS) is 14.1. The molecule has 3 rings (SSSR count). The molecular weight excluding hydrogens is 312 g/mol. The van der Waals surface area contributed by atoms with Crippen molar-refractivity contribution in [2.75, 3.05) is 12.4 Å². The molecule has 0 aromatic carbocycles. The predicted octanol–water partition coefficient (Wildman–Crippen LogP) is 3.33. The van der Waals surface area contributed by atoms with Crippen LogP contribution in [0.25, 0.3) is 0 Å². The van der Waals surface area contributed by atoms with Crippen LogP contribution in [0.1, 0.15) is 65.3 Å². The fourth-order valence-electron chi connectivity index (χ4n) is 2.27. The maximum absolute atomic E-state index is 11.8. The van der Waals surface area contributed by atoms with E-state index in [1.807, 2.05) is 12.1 Å². The van der Waals surface area contributed by atoms with Crippen LogP contribution in [0.4, 0.5) is 5.13 Å². The van der Waals surface area contributed by atoms with Crippen LogP contribution in [0.2, 0.25) is 0 Å². The molecule has 0 radical (unpaired) electrons. The minimum atomic E-state index is -0.315. The average molecular weight is 332 g/mol. The van der Waals surface area contributed by atoms with Crippen LogP contribution in [0.3, 0.4) is 0 Å². The van der Waals surface area contributed by atoms with Gasteiger partial charge in [-0.3, -0.25) is 4.98 Å². The Morgan fingerprint density at radius 1 is 1.39 bits per heavy atom. The molecule has 1 fully saturated rings. The van der Waals surface area contributed by atoms with Gasteiger partial charge in [0, 0.05) is 11.8 Å². The van der Waals surface area contributed by atoms with Crippen molar-refractivity contribution in [3.8, 4) is 0 Å². The van der Waals surface area contributed by atoms with Gasteiger partial charge in [0.2, 0.25) is 5.13 Å². The highest BCUT2D eigenvalue weighted by Crippen LogP contribution is 2.40. The molecule has 0 saturated heterocycles. The van der Waals surface area contributed by atoms with Gasteiger partial charge < -0.3 is 10.1 Å². The lowest BCUT2D eigenvalue weighted by molar-refractivity contribution is 0.0599. The number of ether oxygens (including phenoxy) is 1. The number of anilines is 1. The zero-order chi connectivity index (χ0) is 16.4. The van der Waals surface area contributed by atoms with Crippen LogP contribution in [0, 0.1) is 0 Å². The Balaban J connectivity index is 1.72. The molecule has 1 aliphatic rings. The molecule has 0 amide bonds. The van der Waals surface area contributed by atoms with E-state index in [0.717, 1.165) is 34.4 Å². The molecule has 122 valence electrons. The van der Waals surface area contributed by atoms with E-state index >= 15 is 0 Å². The first kappa shape index (κ1) is 15.9. The Morgan fingerprint density at radius 3 is 2.78 bits per heavy atom. The van der Waals surface area contributed by atoms with Crippen molar-refractivity contribution >= 4 is 22.4 Å². The van der Waals surface area contributed by atoms with Crippen LogP contribution in [0.5, 0.6) is 0 Å². The van der Waals surface area contributed by atoms with Gasteiger partial charge in [-0.1, -0.05) is 25.2 Å². The van der Waals surface area contributed by atoms with Gasteiger partial charge in [0.05, 0.1) is 30.6 Å². The van der Waals surface area contributed by atoms with E-state index in [4.69, 9.17) is 4.74 Å². The summed E-state index contributed by atoms with van der Waals surface area (Å²) in [4.78, 5) is 16.5. The van der Waals surface area contributed by atoms with E-state index in [-0.39, 0.29) is 5.97 Å². The summed E-state index contributed by atoms with van der Waals surface area (Å²) >= 11 is 1.56. The lowest BCUT2D eigenvalue weighted by atomic mass is 10.1. The molecule has 1 N–H and O–H groups in total. The summed E-state index contributed by atoms with van der Waals surface area (Å²) in [5.74, 6) is 0.449. The molecule has 0 atom stereocenters. The summed E-state index contributed by atoms with van der Waals surface area (Å²) in [5.41, 5.74) is 2.33. The van der Waals surface area contributed by atoms with Gasteiger partial charge in [-0.2, -0.15) is 0 Å². The molecule has 1 saturated carbocycles. The Kier molecular flexibility index (Phi) is 4.56. The molecule has 0 spiro atoms. The minimum Gasteiger partial charge on any atom is -0.465 e. The third-order valence-electron chi connectivity index (χ3n) is 3.71. The smallest absolute Gasteiger partial charge is 0.339 e. The Hall–Kier alpha value is -2.02. The maximum atomic E-state index is 11.8. The second-order valence-electron chi connectivity index (χ2n) is 5.95. The van der Waals surface area contributed by atoms with Crippen molar-refractivity contribution in [3.05, 3.63) is 34.1 Å². The van der Waals surface area contributed by atoms with Crippen LogP contribution in [0.15, 0.2) is 12.1 Å². The topological polar surface area (TPSA) is 77.0 Å². The highest BCUT2D eigenvalue weighted by atomic mass is 32.1. The molecule has 2 heterocycles. The van der Waals surface area contributed by atoms with Crippen LogP contribution >= 0.6 is 11.3 Å². The van der Waals surface area contributed by atoms with E-state index in [1.54, 1.807) is 11.3 Å². The van der Waals surface area contributed by atoms with Crippen LogP contribution < -0.4 is 5.32 Å². The maximum Gasteiger partial charge on any atom is 0.339 e.